The molecule has 2 N–H and O–H groups in total. The Morgan fingerprint density at radius 3 is 2.80 bits per heavy atom. The number of nitro benzene ring substituents is 1. The average Bonchev–Trinajstić information content (AvgIpc) is 3.00. The third kappa shape index (κ3) is 2.21. The molecular formula is C15H21N3O2. The number of nitrogens with zero attached hydrogens (tertiary/aromatic N) is 2. The summed E-state index contributed by atoms with van der Waals surface area (Å²) in [5, 5.41) is 11.2. The number of hydrogen-bond donors (Lipinski definition) is 1. The van der Waals surface area contributed by atoms with Crippen molar-refractivity contribution in [1.82, 2.24) is 4.90 Å². The Morgan fingerprint density at radius 2 is 2.10 bits per heavy atom. The summed E-state index contributed by atoms with van der Waals surface area (Å²) in [7, 11) is 0. The predicted octanol–water partition coefficient (Wildman–Crippen LogP) is 2.32. The van der Waals surface area contributed by atoms with Crippen LogP contribution in [0.4, 0.5) is 5.69 Å². The fraction of sp³-hybridized carbons (Fsp3) is 0.600. The van der Waals surface area contributed by atoms with Gasteiger partial charge >= 0.3 is 0 Å². The Balaban J connectivity index is 1.80. The van der Waals surface area contributed by atoms with Crippen LogP contribution in [0.3, 0.4) is 0 Å². The third-order valence-electron chi connectivity index (χ3n) is 5.07. The van der Waals surface area contributed by atoms with Crippen LogP contribution in [0.5, 0.6) is 0 Å². The van der Waals surface area contributed by atoms with Gasteiger partial charge in [-0.3, -0.25) is 15.0 Å². The van der Waals surface area contributed by atoms with Gasteiger partial charge in [0.1, 0.15) is 0 Å². The maximum atomic E-state index is 11.2. The number of likely N-dealkylation sites (tertiary alicyclic amines) is 1. The van der Waals surface area contributed by atoms with Gasteiger partial charge in [-0.05, 0) is 31.6 Å². The molecule has 1 saturated heterocycles. The Morgan fingerprint density at radius 1 is 1.35 bits per heavy atom. The number of fused-ring (bicyclic) bond motifs is 1. The van der Waals surface area contributed by atoms with E-state index < -0.39 is 0 Å². The molecule has 1 aliphatic heterocycles. The topological polar surface area (TPSA) is 72.4 Å². The summed E-state index contributed by atoms with van der Waals surface area (Å²) in [6.07, 6.45) is 2.33. The molecule has 1 aliphatic carbocycles. The quantitative estimate of drug-likeness (QED) is 0.678. The molecule has 1 aromatic carbocycles. The lowest BCUT2D eigenvalue weighted by Gasteiger charge is -2.25. The molecule has 5 heteroatoms. The summed E-state index contributed by atoms with van der Waals surface area (Å²) < 4.78 is 0. The lowest BCUT2D eigenvalue weighted by Crippen LogP contribution is -2.31. The molecule has 0 spiro atoms. The van der Waals surface area contributed by atoms with Crippen LogP contribution >= 0.6 is 0 Å². The minimum absolute atomic E-state index is 0.0781. The van der Waals surface area contributed by atoms with Crippen LogP contribution in [-0.4, -0.2) is 29.0 Å². The van der Waals surface area contributed by atoms with E-state index in [0.29, 0.717) is 17.9 Å². The maximum Gasteiger partial charge on any atom is 0.274 e. The number of nitrogens with two attached hydrogens (primary N) is 1. The summed E-state index contributed by atoms with van der Waals surface area (Å²) in [6, 6.07) is 7.45. The molecule has 2 aliphatic rings. The summed E-state index contributed by atoms with van der Waals surface area (Å²) >= 11 is 0. The fourth-order valence-electron chi connectivity index (χ4n) is 3.86. The third-order valence-corrected chi connectivity index (χ3v) is 5.07. The van der Waals surface area contributed by atoms with E-state index in [4.69, 9.17) is 5.73 Å². The van der Waals surface area contributed by atoms with Crippen molar-refractivity contribution in [2.75, 3.05) is 13.1 Å². The van der Waals surface area contributed by atoms with E-state index in [1.54, 1.807) is 12.1 Å². The minimum Gasteiger partial charge on any atom is -0.327 e. The number of benzene rings is 1. The highest BCUT2D eigenvalue weighted by Gasteiger charge is 2.42. The molecule has 0 radical (unpaired) electrons. The van der Waals surface area contributed by atoms with E-state index in [-0.39, 0.29) is 16.7 Å². The van der Waals surface area contributed by atoms with Gasteiger partial charge in [-0.2, -0.15) is 0 Å². The van der Waals surface area contributed by atoms with Gasteiger partial charge < -0.3 is 5.73 Å². The summed E-state index contributed by atoms with van der Waals surface area (Å²) in [5.74, 6) is 1.25. The number of nitro groups is 1. The molecule has 0 amide bonds. The first kappa shape index (κ1) is 13.5. The van der Waals surface area contributed by atoms with Crippen LogP contribution in [0.2, 0.25) is 0 Å². The molecule has 5 nitrogen and oxygen atoms in total. The summed E-state index contributed by atoms with van der Waals surface area (Å²) in [6.45, 7) is 4.06. The second-order valence-corrected chi connectivity index (χ2v) is 6.11. The van der Waals surface area contributed by atoms with Crippen molar-refractivity contribution in [3.05, 3.63) is 39.9 Å². The fourth-order valence-corrected chi connectivity index (χ4v) is 3.86. The lowest BCUT2D eigenvalue weighted by molar-refractivity contribution is -0.386. The van der Waals surface area contributed by atoms with Crippen molar-refractivity contribution in [1.29, 1.82) is 0 Å². The van der Waals surface area contributed by atoms with Crippen molar-refractivity contribution in [3.8, 4) is 0 Å². The largest absolute Gasteiger partial charge is 0.327 e. The Labute approximate surface area is 118 Å². The molecule has 2 fully saturated rings. The second kappa shape index (κ2) is 5.14. The van der Waals surface area contributed by atoms with E-state index in [2.05, 4.69) is 11.8 Å². The molecule has 1 heterocycles. The van der Waals surface area contributed by atoms with Crippen molar-refractivity contribution >= 4 is 5.69 Å². The number of rotatable bonds is 3. The van der Waals surface area contributed by atoms with E-state index in [0.717, 1.165) is 25.1 Å². The van der Waals surface area contributed by atoms with E-state index in [9.17, 15) is 10.1 Å². The molecule has 0 aromatic heterocycles. The predicted molar refractivity (Wildman–Crippen MR) is 77.3 cm³/mol. The first-order valence-electron chi connectivity index (χ1n) is 7.31. The van der Waals surface area contributed by atoms with Gasteiger partial charge in [-0.25, -0.2) is 0 Å². The molecule has 4 atom stereocenters. The van der Waals surface area contributed by atoms with Gasteiger partial charge in [-0.1, -0.05) is 18.2 Å². The molecule has 1 saturated carbocycles. The molecule has 4 unspecified atom stereocenters. The molecule has 0 bridgehead atoms. The zero-order valence-electron chi connectivity index (χ0n) is 11.7. The van der Waals surface area contributed by atoms with Crippen LogP contribution in [-0.2, 0) is 0 Å². The van der Waals surface area contributed by atoms with Gasteiger partial charge in [0.2, 0.25) is 0 Å². The van der Waals surface area contributed by atoms with Crippen molar-refractivity contribution in [2.45, 2.75) is 31.8 Å². The molecule has 3 rings (SSSR count). The van der Waals surface area contributed by atoms with Crippen LogP contribution in [0.1, 0.15) is 31.4 Å². The van der Waals surface area contributed by atoms with Crippen molar-refractivity contribution in [3.63, 3.8) is 0 Å². The van der Waals surface area contributed by atoms with E-state index in [1.165, 1.54) is 6.42 Å². The highest BCUT2D eigenvalue weighted by atomic mass is 16.6. The van der Waals surface area contributed by atoms with Crippen molar-refractivity contribution < 1.29 is 4.92 Å². The zero-order chi connectivity index (χ0) is 14.3. The van der Waals surface area contributed by atoms with Gasteiger partial charge in [0.25, 0.3) is 5.69 Å². The monoisotopic (exact) mass is 275 g/mol. The molecular weight excluding hydrogens is 254 g/mol. The van der Waals surface area contributed by atoms with E-state index in [1.807, 2.05) is 12.1 Å². The van der Waals surface area contributed by atoms with Crippen LogP contribution in [0, 0.1) is 22.0 Å². The van der Waals surface area contributed by atoms with Crippen molar-refractivity contribution in [2.24, 2.45) is 17.6 Å². The van der Waals surface area contributed by atoms with Crippen LogP contribution in [0.15, 0.2) is 24.3 Å². The Kier molecular flexibility index (Phi) is 3.48. The standard InChI is InChI=1S/C15H21N3O2/c1-10(12-4-2-3-5-15(12)18(19)20)17-8-11-6-7-14(16)13(11)9-17/h2-5,10-11,13-14H,6-9,16H2,1H3. The summed E-state index contributed by atoms with van der Waals surface area (Å²) in [5.41, 5.74) is 7.20. The van der Waals surface area contributed by atoms with Gasteiger partial charge in [0.15, 0.2) is 0 Å². The maximum absolute atomic E-state index is 11.2. The highest BCUT2D eigenvalue weighted by molar-refractivity contribution is 5.41. The van der Waals surface area contributed by atoms with Gasteiger partial charge in [0.05, 0.1) is 4.92 Å². The smallest absolute Gasteiger partial charge is 0.274 e. The second-order valence-electron chi connectivity index (χ2n) is 6.11. The first-order chi connectivity index (χ1) is 9.58. The first-order valence-corrected chi connectivity index (χ1v) is 7.31. The Hall–Kier alpha value is -1.46. The minimum atomic E-state index is -0.283. The lowest BCUT2D eigenvalue weighted by atomic mass is 9.98. The van der Waals surface area contributed by atoms with Crippen LogP contribution in [0.25, 0.3) is 0 Å². The average molecular weight is 275 g/mol. The van der Waals surface area contributed by atoms with Gasteiger partial charge in [-0.15, -0.1) is 0 Å². The number of para-hydroxylation sites is 1. The SMILES string of the molecule is CC(c1ccccc1[N+](=O)[O-])N1CC2CCC(N)C2C1. The molecule has 108 valence electrons. The van der Waals surface area contributed by atoms with Gasteiger partial charge in [0, 0.05) is 36.8 Å². The molecule has 20 heavy (non-hydrogen) atoms. The Bertz CT molecular complexity index is 520. The van der Waals surface area contributed by atoms with E-state index >= 15 is 0 Å². The summed E-state index contributed by atoms with van der Waals surface area (Å²) in [4.78, 5) is 13.2. The molecule has 1 aromatic rings. The van der Waals surface area contributed by atoms with Crippen LogP contribution < -0.4 is 5.73 Å². The highest BCUT2D eigenvalue weighted by Crippen LogP contribution is 2.41. The number of hydrogen-bond acceptors (Lipinski definition) is 4. The normalized spacial score (nSPS) is 31.2. The zero-order valence-corrected chi connectivity index (χ0v) is 11.7.